The summed E-state index contributed by atoms with van der Waals surface area (Å²) in [6.45, 7) is 6.84. The lowest BCUT2D eigenvalue weighted by molar-refractivity contribution is 0.642. The first-order valence-electron chi connectivity index (χ1n) is 3.37. The molecule has 0 bridgehead atoms. The minimum absolute atomic E-state index is 0.552. The molecule has 0 aromatic rings. The van der Waals surface area contributed by atoms with Crippen molar-refractivity contribution in [1.29, 1.82) is 0 Å². The predicted molar refractivity (Wildman–Crippen MR) is 47.8 cm³/mol. The van der Waals surface area contributed by atoms with Crippen LogP contribution in [0.15, 0.2) is 0 Å². The SMILES string of the molecule is CC(C)C(C)S1(C)=C=C=1. The Morgan fingerprint density at radius 2 is 1.56 bits per heavy atom. The smallest absolute Gasteiger partial charge is 0.00883 e. The highest BCUT2D eigenvalue weighted by atomic mass is 32.2. The predicted octanol–water partition coefficient (Wildman–Crippen LogP) is 1.84. The van der Waals surface area contributed by atoms with Gasteiger partial charge in [0.15, 0.2) is 0 Å². The van der Waals surface area contributed by atoms with Gasteiger partial charge in [0.25, 0.3) is 0 Å². The lowest BCUT2D eigenvalue weighted by Gasteiger charge is -2.15. The molecule has 0 N–H and O–H groups in total. The van der Waals surface area contributed by atoms with Crippen LogP contribution >= 0.6 is 9.21 Å². The first-order chi connectivity index (χ1) is 4.06. The van der Waals surface area contributed by atoms with Crippen molar-refractivity contribution in [3.8, 4) is 0 Å². The van der Waals surface area contributed by atoms with Crippen molar-refractivity contribution in [1.82, 2.24) is 0 Å². The van der Waals surface area contributed by atoms with Crippen LogP contribution in [0.4, 0.5) is 0 Å². The van der Waals surface area contributed by atoms with E-state index < -0.39 is 9.21 Å². The molecule has 0 nitrogen and oxygen atoms in total. The molecule has 0 saturated carbocycles. The zero-order valence-corrected chi connectivity index (χ0v) is 7.38. The van der Waals surface area contributed by atoms with Gasteiger partial charge in [0.2, 0.25) is 0 Å². The standard InChI is InChI=1S/C8H14S/c1-7(2)8(3)9(4)5-6-9/h7-8H,1-4H3. The second-order valence-corrected chi connectivity index (χ2v) is 6.25. The molecular weight excluding hydrogens is 128 g/mol. The minimum atomic E-state index is -0.552. The third-order valence-electron chi connectivity index (χ3n) is 2.11. The molecule has 0 radical (unpaired) electrons. The maximum absolute atomic E-state index is 3.23. The molecule has 1 rings (SSSR count). The van der Waals surface area contributed by atoms with Crippen molar-refractivity contribution >= 4 is 19.3 Å². The zero-order chi connectivity index (χ0) is 7.07. The molecule has 0 spiro atoms. The van der Waals surface area contributed by atoms with E-state index in [4.69, 9.17) is 0 Å². The molecule has 0 aliphatic carbocycles. The molecule has 1 heteroatoms. The molecule has 0 saturated heterocycles. The molecule has 1 unspecified atom stereocenters. The van der Waals surface area contributed by atoms with Crippen molar-refractivity contribution in [3.63, 3.8) is 0 Å². The molecule has 0 aromatic carbocycles. The normalized spacial score (nSPS) is 22.8. The zero-order valence-electron chi connectivity index (χ0n) is 6.56. The van der Waals surface area contributed by atoms with Gasteiger partial charge in [0.1, 0.15) is 0 Å². The van der Waals surface area contributed by atoms with Crippen molar-refractivity contribution in [2.75, 3.05) is 6.26 Å². The van der Waals surface area contributed by atoms with Crippen LogP contribution < -0.4 is 0 Å². The van der Waals surface area contributed by atoms with Gasteiger partial charge in [0, 0.05) is 5.25 Å². The van der Waals surface area contributed by atoms with Crippen LogP contribution in [0.3, 0.4) is 0 Å². The van der Waals surface area contributed by atoms with Crippen LogP contribution in [-0.4, -0.2) is 21.6 Å². The molecular formula is C8H14S. The van der Waals surface area contributed by atoms with E-state index in [0.717, 1.165) is 11.2 Å². The van der Waals surface area contributed by atoms with E-state index in [0.29, 0.717) is 0 Å². The Morgan fingerprint density at radius 1 is 1.11 bits per heavy atom. The first kappa shape index (κ1) is 7.02. The van der Waals surface area contributed by atoms with Crippen LogP contribution in [0.2, 0.25) is 0 Å². The van der Waals surface area contributed by atoms with Crippen LogP contribution in [0.1, 0.15) is 20.8 Å². The van der Waals surface area contributed by atoms with Crippen LogP contribution in [-0.2, 0) is 0 Å². The fraction of sp³-hybridized carbons (Fsp3) is 0.750. The molecule has 1 heterocycles. The van der Waals surface area contributed by atoms with Gasteiger partial charge in [-0.3, -0.25) is 0 Å². The Hall–Kier alpha value is -0.0900. The first-order valence-corrected chi connectivity index (χ1v) is 5.47. The van der Waals surface area contributed by atoms with Crippen molar-refractivity contribution in [3.05, 3.63) is 0 Å². The topological polar surface area (TPSA) is 0 Å². The molecule has 0 aromatic heterocycles. The Balaban J connectivity index is 2.67. The van der Waals surface area contributed by atoms with E-state index >= 15 is 0 Å². The van der Waals surface area contributed by atoms with E-state index in [1.54, 1.807) is 0 Å². The molecule has 1 aliphatic rings. The molecule has 1 aliphatic heterocycles. The maximum atomic E-state index is 3.23. The maximum Gasteiger partial charge on any atom is 0.00883 e. The lowest BCUT2D eigenvalue weighted by atomic mass is 10.2. The number of hydrogen-bond acceptors (Lipinski definition) is 0. The molecule has 0 amide bonds. The Kier molecular flexibility index (Phi) is 1.52. The van der Waals surface area contributed by atoms with Crippen LogP contribution in [0, 0.1) is 5.92 Å². The van der Waals surface area contributed by atoms with E-state index in [2.05, 4.69) is 37.1 Å². The molecule has 0 fully saturated rings. The third kappa shape index (κ3) is 1.24. The largest absolute Gasteiger partial charge is 0.111 e. The highest BCUT2D eigenvalue weighted by Gasteiger charge is 2.15. The summed E-state index contributed by atoms with van der Waals surface area (Å²) < 4.78 is 0. The fourth-order valence-electron chi connectivity index (χ4n) is 0.796. The van der Waals surface area contributed by atoms with Gasteiger partial charge < -0.3 is 0 Å². The average Bonchev–Trinajstić information content (AvgIpc) is 2.47. The van der Waals surface area contributed by atoms with Gasteiger partial charge in [0.05, 0.1) is 0 Å². The number of rotatable bonds is 2. The fourth-order valence-corrected chi connectivity index (χ4v) is 2.78. The second-order valence-electron chi connectivity index (χ2n) is 3.13. The summed E-state index contributed by atoms with van der Waals surface area (Å²) >= 11 is 0. The van der Waals surface area contributed by atoms with Crippen molar-refractivity contribution in [2.45, 2.75) is 26.0 Å². The summed E-state index contributed by atoms with van der Waals surface area (Å²) in [6, 6.07) is 0. The van der Waals surface area contributed by atoms with Gasteiger partial charge in [-0.1, -0.05) is 20.8 Å². The summed E-state index contributed by atoms with van der Waals surface area (Å²) in [5.41, 5.74) is 0. The Bertz CT molecular complexity index is 247. The van der Waals surface area contributed by atoms with Gasteiger partial charge in [-0.15, -0.1) is 9.21 Å². The van der Waals surface area contributed by atoms with E-state index in [1.165, 1.54) is 0 Å². The minimum Gasteiger partial charge on any atom is -0.111 e. The van der Waals surface area contributed by atoms with Crippen molar-refractivity contribution in [2.24, 2.45) is 5.92 Å². The van der Waals surface area contributed by atoms with Gasteiger partial charge in [-0.25, -0.2) is 0 Å². The summed E-state index contributed by atoms with van der Waals surface area (Å²) in [4.78, 5) is 0. The van der Waals surface area contributed by atoms with E-state index in [9.17, 15) is 0 Å². The molecule has 52 valence electrons. The lowest BCUT2D eigenvalue weighted by Crippen LogP contribution is -2.07. The van der Waals surface area contributed by atoms with Gasteiger partial charge in [-0.2, -0.15) is 0 Å². The second kappa shape index (κ2) is 1.95. The van der Waals surface area contributed by atoms with Crippen LogP contribution in [0.25, 0.3) is 0 Å². The summed E-state index contributed by atoms with van der Waals surface area (Å²) in [5.74, 6) is 0.785. The highest BCUT2D eigenvalue weighted by molar-refractivity contribution is 8.34. The van der Waals surface area contributed by atoms with Gasteiger partial charge >= 0.3 is 0 Å². The summed E-state index contributed by atoms with van der Waals surface area (Å²) in [6.07, 6.45) is 2.28. The Morgan fingerprint density at radius 3 is 1.67 bits per heavy atom. The van der Waals surface area contributed by atoms with Crippen molar-refractivity contribution < 1.29 is 0 Å². The molecule has 9 heavy (non-hydrogen) atoms. The average molecular weight is 142 g/mol. The third-order valence-corrected chi connectivity index (χ3v) is 4.99. The monoisotopic (exact) mass is 142 g/mol. The van der Waals surface area contributed by atoms with E-state index in [1.807, 2.05) is 0 Å². The highest BCUT2D eigenvalue weighted by Crippen LogP contribution is 2.32. The summed E-state index contributed by atoms with van der Waals surface area (Å²) in [7, 11) is -0.552. The van der Waals surface area contributed by atoms with Gasteiger partial charge in [-0.05, 0) is 22.2 Å². The molecule has 1 atom stereocenters. The summed E-state index contributed by atoms with van der Waals surface area (Å²) in [5, 5.41) is 7.24. The van der Waals surface area contributed by atoms with E-state index in [-0.39, 0.29) is 0 Å². The van der Waals surface area contributed by atoms with Crippen LogP contribution in [0.5, 0.6) is 0 Å². The Labute approximate surface area is 58.1 Å². The number of hydrogen-bond donors (Lipinski definition) is 0. The quantitative estimate of drug-likeness (QED) is 0.516.